The lowest BCUT2D eigenvalue weighted by Gasteiger charge is -2.39. The molecule has 2 saturated heterocycles. The van der Waals surface area contributed by atoms with E-state index in [4.69, 9.17) is 14.4 Å². The van der Waals surface area contributed by atoms with Gasteiger partial charge in [0, 0.05) is 25.2 Å². The summed E-state index contributed by atoms with van der Waals surface area (Å²) in [5.41, 5.74) is 2.39. The quantitative estimate of drug-likeness (QED) is 0.517. The van der Waals surface area contributed by atoms with Crippen LogP contribution in [-0.4, -0.2) is 68.4 Å². The number of fused-ring (bicyclic) bond motifs is 1. The molecule has 5 rings (SSSR count). The zero-order valence-corrected chi connectivity index (χ0v) is 20.7. The van der Waals surface area contributed by atoms with Gasteiger partial charge in [0.05, 0.1) is 15.9 Å². The minimum atomic E-state index is -5.08. The maximum Gasteiger partial charge on any atom is 0.490 e. The van der Waals surface area contributed by atoms with Crippen molar-refractivity contribution in [1.29, 1.82) is 0 Å². The molecule has 1 spiro atoms. The fourth-order valence-electron chi connectivity index (χ4n) is 5.09. The van der Waals surface area contributed by atoms with E-state index in [-0.39, 0.29) is 11.4 Å². The van der Waals surface area contributed by atoms with Crippen LogP contribution < -0.4 is 4.90 Å². The fourth-order valence-corrected chi connectivity index (χ4v) is 5.93. The van der Waals surface area contributed by atoms with Gasteiger partial charge in [0.1, 0.15) is 23.5 Å². The number of hydrogen-bond donors (Lipinski definition) is 1. The molecule has 1 unspecified atom stereocenters. The first-order chi connectivity index (χ1) is 17.0. The van der Waals surface area contributed by atoms with E-state index >= 15 is 0 Å². The maximum atomic E-state index is 13.1. The molecule has 5 heterocycles. The molecular formula is C23H26F3N5O4S. The van der Waals surface area contributed by atoms with Crippen LogP contribution in [0, 0.1) is 13.8 Å². The minimum absolute atomic E-state index is 0.0468. The van der Waals surface area contributed by atoms with E-state index in [0.717, 1.165) is 63.1 Å². The number of carbonyl (C=O) groups is 2. The second kappa shape index (κ2) is 10.0. The number of alkyl halides is 3. The number of carboxylic acid groups (broad SMARTS) is 1. The van der Waals surface area contributed by atoms with Crippen molar-refractivity contribution in [3.8, 4) is 0 Å². The average molecular weight is 526 g/mol. The first-order valence-corrected chi connectivity index (χ1v) is 12.4. The summed E-state index contributed by atoms with van der Waals surface area (Å²) in [6, 6.07) is 2.06. The lowest BCUT2D eigenvalue weighted by atomic mass is 9.87. The van der Waals surface area contributed by atoms with Crippen molar-refractivity contribution in [3.05, 3.63) is 34.8 Å². The van der Waals surface area contributed by atoms with Gasteiger partial charge in [-0.05, 0) is 57.4 Å². The molecular weight excluding hydrogens is 499 g/mol. The number of carbonyl (C=O) groups excluding carboxylic acids is 1. The van der Waals surface area contributed by atoms with Gasteiger partial charge in [0.15, 0.2) is 0 Å². The molecule has 1 N–H and O–H groups in total. The first-order valence-electron chi connectivity index (χ1n) is 11.5. The predicted octanol–water partition coefficient (Wildman–Crippen LogP) is 4.59. The Hall–Kier alpha value is -3.22. The molecule has 1 amide bonds. The van der Waals surface area contributed by atoms with Crippen LogP contribution in [0.15, 0.2) is 22.3 Å². The topological polar surface area (TPSA) is 113 Å². The zero-order chi connectivity index (χ0) is 26.1. The van der Waals surface area contributed by atoms with Crippen LogP contribution in [-0.2, 0) is 4.79 Å². The van der Waals surface area contributed by atoms with Crippen molar-refractivity contribution in [2.75, 3.05) is 24.5 Å². The van der Waals surface area contributed by atoms with Crippen LogP contribution >= 0.6 is 11.3 Å². The van der Waals surface area contributed by atoms with Crippen LogP contribution in [0.1, 0.15) is 53.9 Å². The molecule has 9 nitrogen and oxygen atoms in total. The highest BCUT2D eigenvalue weighted by Crippen LogP contribution is 2.43. The SMILES string of the molecule is Cc1noc(C)c1C(=O)N1CCCC2(CCCN2c2ncnc3ccsc23)CC1.O=C(O)C(F)(F)F. The molecule has 0 radical (unpaired) electrons. The van der Waals surface area contributed by atoms with Gasteiger partial charge >= 0.3 is 12.1 Å². The van der Waals surface area contributed by atoms with Gasteiger partial charge in [-0.1, -0.05) is 5.16 Å². The second-order valence-electron chi connectivity index (χ2n) is 8.96. The van der Waals surface area contributed by atoms with E-state index in [1.165, 1.54) is 4.70 Å². The standard InChI is InChI=1S/C21H25N5O2S.C2HF3O2/c1-14-17(15(2)28-24-14)20(27)25-9-3-6-21(8-11-25)7-4-10-26(21)19-18-16(5-12-29-18)22-13-23-19;3-2(4,5)1(6)7/h5,12-13H,3-4,6-11H2,1-2H3;(H,6,7). The molecule has 3 aromatic rings. The van der Waals surface area contributed by atoms with E-state index in [2.05, 4.69) is 31.5 Å². The van der Waals surface area contributed by atoms with Crippen molar-refractivity contribution < 1.29 is 32.4 Å². The van der Waals surface area contributed by atoms with Crippen LogP contribution in [0.2, 0.25) is 0 Å². The molecule has 1 atom stereocenters. The lowest BCUT2D eigenvalue weighted by Crippen LogP contribution is -2.45. The number of anilines is 1. The van der Waals surface area contributed by atoms with E-state index in [0.29, 0.717) is 17.0 Å². The number of aliphatic carboxylic acids is 1. The Bertz CT molecular complexity index is 1240. The highest BCUT2D eigenvalue weighted by Gasteiger charge is 2.44. The summed E-state index contributed by atoms with van der Waals surface area (Å²) in [5.74, 6) is -1.04. The number of halogens is 3. The smallest absolute Gasteiger partial charge is 0.475 e. The number of aryl methyl sites for hydroxylation is 2. The summed E-state index contributed by atoms with van der Waals surface area (Å²) < 4.78 is 38.1. The zero-order valence-electron chi connectivity index (χ0n) is 19.8. The van der Waals surface area contributed by atoms with E-state index in [1.807, 2.05) is 18.7 Å². The number of aromatic nitrogens is 3. The summed E-state index contributed by atoms with van der Waals surface area (Å²) in [6.45, 7) is 6.19. The van der Waals surface area contributed by atoms with Crippen molar-refractivity contribution in [1.82, 2.24) is 20.0 Å². The Morgan fingerprint density at radius 3 is 2.44 bits per heavy atom. The summed E-state index contributed by atoms with van der Waals surface area (Å²) >= 11 is 1.71. The lowest BCUT2D eigenvalue weighted by molar-refractivity contribution is -0.192. The third-order valence-electron chi connectivity index (χ3n) is 6.77. The Balaban J connectivity index is 0.000000384. The van der Waals surface area contributed by atoms with Gasteiger partial charge in [-0.25, -0.2) is 14.8 Å². The van der Waals surface area contributed by atoms with Gasteiger partial charge in [0.2, 0.25) is 0 Å². The number of rotatable bonds is 2. The Kier molecular flexibility index (Phi) is 7.21. The summed E-state index contributed by atoms with van der Waals surface area (Å²) in [5, 5.41) is 13.2. The molecule has 0 aliphatic carbocycles. The maximum absolute atomic E-state index is 13.1. The first kappa shape index (κ1) is 25.9. The molecule has 0 saturated carbocycles. The second-order valence-corrected chi connectivity index (χ2v) is 9.88. The van der Waals surface area contributed by atoms with Gasteiger partial charge in [-0.15, -0.1) is 11.3 Å². The molecule has 13 heteroatoms. The molecule has 2 aliphatic rings. The summed E-state index contributed by atoms with van der Waals surface area (Å²) in [6.07, 6.45) is 1.94. The van der Waals surface area contributed by atoms with Crippen LogP contribution in [0.25, 0.3) is 10.2 Å². The number of hydrogen-bond acceptors (Lipinski definition) is 8. The third kappa shape index (κ3) is 5.01. The number of carboxylic acids is 1. The van der Waals surface area contributed by atoms with Crippen molar-refractivity contribution in [3.63, 3.8) is 0 Å². The molecule has 0 aromatic carbocycles. The van der Waals surface area contributed by atoms with Gasteiger partial charge in [0.25, 0.3) is 5.91 Å². The molecule has 0 bridgehead atoms. The van der Waals surface area contributed by atoms with Crippen LogP contribution in [0.4, 0.5) is 19.0 Å². The molecule has 2 aliphatic heterocycles. The average Bonchev–Trinajstić information content (AvgIpc) is 3.50. The van der Waals surface area contributed by atoms with Gasteiger partial charge < -0.3 is 19.4 Å². The number of thiophene rings is 1. The Labute approximate surface area is 208 Å². The fraction of sp³-hybridized carbons (Fsp3) is 0.522. The predicted molar refractivity (Wildman–Crippen MR) is 126 cm³/mol. The Morgan fingerprint density at radius 2 is 1.81 bits per heavy atom. The minimum Gasteiger partial charge on any atom is -0.475 e. The third-order valence-corrected chi connectivity index (χ3v) is 7.67. The number of nitrogens with zero attached hydrogens (tertiary/aromatic N) is 5. The summed E-state index contributed by atoms with van der Waals surface area (Å²) in [4.78, 5) is 35.6. The van der Waals surface area contributed by atoms with E-state index in [9.17, 15) is 18.0 Å². The Morgan fingerprint density at radius 1 is 1.11 bits per heavy atom. The highest BCUT2D eigenvalue weighted by molar-refractivity contribution is 7.17. The molecule has 2 fully saturated rings. The van der Waals surface area contributed by atoms with Crippen molar-refractivity contribution in [2.45, 2.75) is 57.7 Å². The van der Waals surface area contributed by atoms with Crippen molar-refractivity contribution >= 4 is 39.2 Å². The van der Waals surface area contributed by atoms with Gasteiger partial charge in [-0.2, -0.15) is 13.2 Å². The normalized spacial score (nSPS) is 20.4. The van der Waals surface area contributed by atoms with E-state index in [1.54, 1.807) is 17.7 Å². The number of amides is 1. The van der Waals surface area contributed by atoms with Crippen LogP contribution in [0.5, 0.6) is 0 Å². The van der Waals surface area contributed by atoms with Gasteiger partial charge in [-0.3, -0.25) is 4.79 Å². The van der Waals surface area contributed by atoms with E-state index < -0.39 is 12.1 Å². The molecule has 36 heavy (non-hydrogen) atoms. The number of likely N-dealkylation sites (tertiary alicyclic amines) is 1. The molecule has 194 valence electrons. The summed E-state index contributed by atoms with van der Waals surface area (Å²) in [7, 11) is 0. The van der Waals surface area contributed by atoms with Crippen molar-refractivity contribution in [2.24, 2.45) is 0 Å². The monoisotopic (exact) mass is 525 g/mol. The largest absolute Gasteiger partial charge is 0.490 e. The molecule has 3 aromatic heterocycles. The highest BCUT2D eigenvalue weighted by atomic mass is 32.1. The van der Waals surface area contributed by atoms with Crippen LogP contribution in [0.3, 0.4) is 0 Å².